The van der Waals surface area contributed by atoms with Crippen molar-refractivity contribution < 1.29 is 32.2 Å². The van der Waals surface area contributed by atoms with Crippen molar-refractivity contribution in [1.82, 2.24) is 4.98 Å². The Bertz CT molecular complexity index is 1070. The highest BCUT2D eigenvalue weighted by Crippen LogP contribution is 2.35. The van der Waals surface area contributed by atoms with Gasteiger partial charge in [0.25, 0.3) is 0 Å². The molecule has 0 saturated carbocycles. The van der Waals surface area contributed by atoms with Gasteiger partial charge in [0.2, 0.25) is 11.8 Å². The monoisotopic (exact) mass is 448 g/mol. The van der Waals surface area contributed by atoms with E-state index in [1.807, 2.05) is 0 Å². The predicted octanol–water partition coefficient (Wildman–Crippen LogP) is 2.83. The summed E-state index contributed by atoms with van der Waals surface area (Å²) in [5, 5.41) is 3.60. The zero-order valence-electron chi connectivity index (χ0n) is 17.7. The second kappa shape index (κ2) is 10.5. The van der Waals surface area contributed by atoms with Gasteiger partial charge in [0.1, 0.15) is 22.9 Å². The number of nitrogens with zero attached hydrogens (tertiary/aromatic N) is 1. The van der Waals surface area contributed by atoms with E-state index < -0.39 is 15.7 Å². The SMILES string of the molecule is C=CC(=O)Nc1cc(CS(=O)(=O)/C=C/c2c(OC)cc(OC)cc2OC)cnc1OC. The standard InChI is InChI=1S/C21H24N2O7S/c1-6-20(24)23-17-9-14(12-22-21(17)30-5)13-31(25,26)8-7-16-18(28-3)10-15(27-2)11-19(16)29-4/h6-12H,1,13H2,2-5H3,(H,23,24)/b8-7+. The number of amides is 1. The highest BCUT2D eigenvalue weighted by Gasteiger charge is 2.15. The van der Waals surface area contributed by atoms with E-state index in [2.05, 4.69) is 16.9 Å². The normalized spacial score (nSPS) is 11.1. The molecular formula is C21H24N2O7S. The second-order valence-corrected chi connectivity index (χ2v) is 8.04. The largest absolute Gasteiger partial charge is 0.496 e. The number of methoxy groups -OCH3 is 4. The molecule has 1 aromatic carbocycles. The zero-order valence-corrected chi connectivity index (χ0v) is 18.5. The molecule has 0 radical (unpaired) electrons. The summed E-state index contributed by atoms with van der Waals surface area (Å²) in [5.74, 6) is 0.620. The Labute approximate surface area is 181 Å². The number of anilines is 1. The minimum atomic E-state index is -3.71. The second-order valence-electron chi connectivity index (χ2n) is 6.15. The van der Waals surface area contributed by atoms with E-state index in [4.69, 9.17) is 18.9 Å². The van der Waals surface area contributed by atoms with E-state index in [0.29, 0.717) is 28.4 Å². The molecule has 1 N–H and O–H groups in total. The van der Waals surface area contributed by atoms with E-state index >= 15 is 0 Å². The van der Waals surface area contributed by atoms with Crippen LogP contribution in [0.1, 0.15) is 11.1 Å². The van der Waals surface area contributed by atoms with Gasteiger partial charge in [0, 0.05) is 23.7 Å². The van der Waals surface area contributed by atoms with Gasteiger partial charge in [0.05, 0.1) is 39.8 Å². The molecule has 166 valence electrons. The predicted molar refractivity (Wildman–Crippen MR) is 117 cm³/mol. The van der Waals surface area contributed by atoms with Gasteiger partial charge in [-0.2, -0.15) is 0 Å². The van der Waals surface area contributed by atoms with Gasteiger partial charge < -0.3 is 24.3 Å². The van der Waals surface area contributed by atoms with Crippen LogP contribution in [0.5, 0.6) is 23.1 Å². The van der Waals surface area contributed by atoms with Crippen molar-refractivity contribution >= 4 is 27.5 Å². The lowest BCUT2D eigenvalue weighted by molar-refractivity contribution is -0.111. The molecule has 31 heavy (non-hydrogen) atoms. The van der Waals surface area contributed by atoms with Gasteiger partial charge in [-0.05, 0) is 23.8 Å². The van der Waals surface area contributed by atoms with Crippen LogP contribution in [-0.2, 0) is 20.4 Å². The number of rotatable bonds is 10. The molecule has 0 atom stereocenters. The molecule has 0 aliphatic heterocycles. The van der Waals surface area contributed by atoms with E-state index in [0.717, 1.165) is 11.5 Å². The topological polar surface area (TPSA) is 113 Å². The Kier molecular flexibility index (Phi) is 8.03. The first-order chi connectivity index (χ1) is 14.8. The molecule has 2 rings (SSSR count). The summed E-state index contributed by atoms with van der Waals surface area (Å²) < 4.78 is 46.3. The highest BCUT2D eigenvalue weighted by molar-refractivity contribution is 7.93. The molecule has 2 aromatic rings. The van der Waals surface area contributed by atoms with Crippen LogP contribution in [0.4, 0.5) is 5.69 Å². The highest BCUT2D eigenvalue weighted by atomic mass is 32.2. The Morgan fingerprint density at radius 3 is 2.23 bits per heavy atom. The summed E-state index contributed by atoms with van der Waals surface area (Å²) in [5.41, 5.74) is 1.04. The van der Waals surface area contributed by atoms with Crippen LogP contribution >= 0.6 is 0 Å². The number of benzene rings is 1. The van der Waals surface area contributed by atoms with Crippen molar-refractivity contribution in [2.24, 2.45) is 0 Å². The third-order valence-electron chi connectivity index (χ3n) is 4.11. The van der Waals surface area contributed by atoms with E-state index in [1.54, 1.807) is 12.1 Å². The van der Waals surface area contributed by atoms with Gasteiger partial charge in [-0.15, -0.1) is 0 Å². The van der Waals surface area contributed by atoms with E-state index in [1.165, 1.54) is 46.8 Å². The fraction of sp³-hybridized carbons (Fsp3) is 0.238. The maximum atomic E-state index is 12.7. The smallest absolute Gasteiger partial charge is 0.247 e. The van der Waals surface area contributed by atoms with Crippen LogP contribution in [0, 0.1) is 0 Å². The Morgan fingerprint density at radius 2 is 1.71 bits per heavy atom. The molecule has 0 saturated heterocycles. The molecule has 10 heteroatoms. The van der Waals surface area contributed by atoms with Gasteiger partial charge >= 0.3 is 0 Å². The summed E-state index contributed by atoms with van der Waals surface area (Å²) in [4.78, 5) is 15.6. The first-order valence-electron chi connectivity index (χ1n) is 8.94. The third-order valence-corrected chi connectivity index (χ3v) is 5.39. The number of ether oxygens (including phenoxy) is 4. The van der Waals surface area contributed by atoms with Gasteiger partial charge in [0.15, 0.2) is 9.84 Å². The maximum Gasteiger partial charge on any atom is 0.247 e. The number of sulfone groups is 1. The average molecular weight is 448 g/mol. The van der Waals surface area contributed by atoms with E-state index in [9.17, 15) is 13.2 Å². The number of nitrogens with one attached hydrogen (secondary N) is 1. The molecule has 0 spiro atoms. The Morgan fingerprint density at radius 1 is 1.06 bits per heavy atom. The number of aromatic nitrogens is 1. The lowest BCUT2D eigenvalue weighted by Crippen LogP contribution is -2.10. The maximum absolute atomic E-state index is 12.7. The van der Waals surface area contributed by atoms with Crippen molar-refractivity contribution in [2.75, 3.05) is 33.8 Å². The van der Waals surface area contributed by atoms with Crippen LogP contribution in [0.15, 0.2) is 42.5 Å². The molecule has 1 aromatic heterocycles. The summed E-state index contributed by atoms with van der Waals surface area (Å²) in [6.07, 6.45) is 3.84. The van der Waals surface area contributed by atoms with Crippen molar-refractivity contribution in [2.45, 2.75) is 5.75 Å². The number of carbonyl (C=O) groups is 1. The molecule has 0 aliphatic rings. The lowest BCUT2D eigenvalue weighted by atomic mass is 10.1. The number of carbonyl (C=O) groups excluding carboxylic acids is 1. The minimum Gasteiger partial charge on any atom is -0.496 e. The van der Waals surface area contributed by atoms with Crippen molar-refractivity contribution in [1.29, 1.82) is 0 Å². The minimum absolute atomic E-state index is 0.152. The van der Waals surface area contributed by atoms with Crippen LogP contribution in [0.3, 0.4) is 0 Å². The summed E-state index contributed by atoms with van der Waals surface area (Å²) >= 11 is 0. The molecule has 0 fully saturated rings. The molecule has 1 amide bonds. The van der Waals surface area contributed by atoms with Gasteiger partial charge in [-0.25, -0.2) is 13.4 Å². The lowest BCUT2D eigenvalue weighted by Gasteiger charge is -2.12. The van der Waals surface area contributed by atoms with Crippen LogP contribution in [0.2, 0.25) is 0 Å². The fourth-order valence-corrected chi connectivity index (χ4v) is 3.72. The quantitative estimate of drug-likeness (QED) is 0.552. The van der Waals surface area contributed by atoms with Gasteiger partial charge in [-0.3, -0.25) is 4.79 Å². The Balaban J connectivity index is 2.34. The number of hydrogen-bond donors (Lipinski definition) is 1. The fourth-order valence-electron chi connectivity index (χ4n) is 2.66. The van der Waals surface area contributed by atoms with Crippen LogP contribution in [0.25, 0.3) is 6.08 Å². The molecule has 0 unspecified atom stereocenters. The van der Waals surface area contributed by atoms with E-state index in [-0.39, 0.29) is 17.3 Å². The molecule has 9 nitrogen and oxygen atoms in total. The zero-order chi connectivity index (χ0) is 23.0. The summed E-state index contributed by atoms with van der Waals surface area (Å²) in [6, 6.07) is 4.72. The molecular weight excluding hydrogens is 424 g/mol. The van der Waals surface area contributed by atoms with Crippen LogP contribution in [-0.4, -0.2) is 47.7 Å². The first kappa shape index (κ1) is 23.7. The van der Waals surface area contributed by atoms with Gasteiger partial charge in [-0.1, -0.05) is 6.58 Å². The molecule has 1 heterocycles. The van der Waals surface area contributed by atoms with Crippen LogP contribution < -0.4 is 24.3 Å². The first-order valence-corrected chi connectivity index (χ1v) is 10.7. The van der Waals surface area contributed by atoms with Crippen molar-refractivity contribution in [3.8, 4) is 23.1 Å². The molecule has 0 bridgehead atoms. The van der Waals surface area contributed by atoms with Crippen molar-refractivity contribution in [3.63, 3.8) is 0 Å². The number of pyridine rings is 1. The average Bonchev–Trinajstić information content (AvgIpc) is 2.76. The number of hydrogen-bond acceptors (Lipinski definition) is 8. The third kappa shape index (κ3) is 6.22. The summed E-state index contributed by atoms with van der Waals surface area (Å²) in [7, 11) is 2.11. The summed E-state index contributed by atoms with van der Waals surface area (Å²) in [6.45, 7) is 3.38. The van der Waals surface area contributed by atoms with Crippen molar-refractivity contribution in [3.05, 3.63) is 53.6 Å². The molecule has 0 aliphatic carbocycles. The Hall–Kier alpha value is -3.53.